The van der Waals surface area contributed by atoms with Gasteiger partial charge in [0.05, 0.1) is 43.9 Å². The minimum atomic E-state index is -1.07. The maximum Gasteiger partial charge on any atom is 0.354 e. The zero-order valence-electron chi connectivity index (χ0n) is 12.6. The largest absolute Gasteiger partial charge is 0.477 e. The topological polar surface area (TPSA) is 77.8 Å². The zero-order chi connectivity index (χ0) is 15.9. The molecule has 1 amide bonds. The van der Waals surface area contributed by atoms with E-state index in [0.717, 1.165) is 16.8 Å². The first-order valence-corrected chi connectivity index (χ1v) is 8.58. The van der Waals surface area contributed by atoms with Gasteiger partial charge in [0.25, 0.3) is 0 Å². The monoisotopic (exact) mass is 333 g/mol. The number of aliphatic hydroxyl groups is 1. The second-order valence-corrected chi connectivity index (χ2v) is 8.78. The average molecular weight is 333 g/mol. The Morgan fingerprint density at radius 1 is 1.48 bits per heavy atom. The van der Waals surface area contributed by atoms with Crippen molar-refractivity contribution in [2.75, 3.05) is 33.4 Å². The van der Waals surface area contributed by atoms with E-state index in [1.165, 1.54) is 28.4 Å². The Kier molecular flexibility index (Phi) is 4.63. The summed E-state index contributed by atoms with van der Waals surface area (Å²) in [6, 6.07) is 0. The number of amides is 1. The van der Waals surface area contributed by atoms with Gasteiger partial charge in [-0.25, -0.2) is 4.79 Å². The van der Waals surface area contributed by atoms with Crippen LogP contribution in [-0.4, -0.2) is 76.4 Å². The molecule has 0 saturated carbocycles. The summed E-state index contributed by atoms with van der Waals surface area (Å²) in [5, 5.41) is 18.7. The third kappa shape index (κ3) is 3.23. The number of carboxylic acid groups (broad SMARTS) is 1. The van der Waals surface area contributed by atoms with Gasteiger partial charge in [-0.2, -0.15) is 0 Å². The molecule has 1 saturated heterocycles. The van der Waals surface area contributed by atoms with Gasteiger partial charge in [-0.1, -0.05) is 11.8 Å². The Morgan fingerprint density at radius 2 is 2.10 bits per heavy atom. The van der Waals surface area contributed by atoms with Crippen molar-refractivity contribution in [2.24, 2.45) is 5.92 Å². The first-order chi connectivity index (χ1) is 9.63. The molecule has 2 aliphatic heterocycles. The molecule has 0 unspecified atom stereocenters. The molecular weight excluding hydrogens is 312 g/mol. The number of carboxylic acids is 1. The number of rotatable bonds is 6. The van der Waals surface area contributed by atoms with Crippen LogP contribution in [0.15, 0.2) is 9.93 Å². The number of hydrogen-bond acceptors (Lipinski definition) is 5. The fourth-order valence-electron chi connectivity index (χ4n) is 2.26. The summed E-state index contributed by atoms with van der Waals surface area (Å²) in [5.41, 5.74) is 0.0818. The minimum Gasteiger partial charge on any atom is -0.477 e. The highest BCUT2D eigenvalue weighted by Gasteiger charge is 2.57. The first-order valence-electron chi connectivity index (χ1n) is 6.72. The molecule has 2 heterocycles. The number of nitrogens with zero attached hydrogens (tertiary/aromatic N) is 2. The molecule has 0 aromatic heterocycles. The summed E-state index contributed by atoms with van der Waals surface area (Å²) in [7, 11) is 6.24. The summed E-state index contributed by atoms with van der Waals surface area (Å²) >= 11 is 2.87. The number of carbonyl (C=O) groups is 2. The Balaban J connectivity index is 2.10. The molecule has 0 aliphatic carbocycles. The van der Waals surface area contributed by atoms with E-state index in [1.807, 2.05) is 0 Å². The van der Waals surface area contributed by atoms with Crippen LogP contribution in [0.5, 0.6) is 0 Å². The highest BCUT2D eigenvalue weighted by molar-refractivity contribution is 8.22. The minimum absolute atomic E-state index is 0.0818. The Hall–Kier alpha value is -0.700. The Morgan fingerprint density at radius 3 is 2.57 bits per heavy atom. The van der Waals surface area contributed by atoms with Crippen molar-refractivity contribution in [2.45, 2.75) is 18.4 Å². The molecule has 1 fully saturated rings. The molecule has 0 bridgehead atoms. The number of fused-ring (bicyclic) bond motifs is 1. The van der Waals surface area contributed by atoms with Crippen LogP contribution in [-0.2, 0) is 9.59 Å². The number of quaternary nitrogens is 1. The van der Waals surface area contributed by atoms with Crippen molar-refractivity contribution < 1.29 is 24.3 Å². The summed E-state index contributed by atoms with van der Waals surface area (Å²) in [4.78, 5) is 24.8. The molecule has 6 nitrogen and oxygen atoms in total. The van der Waals surface area contributed by atoms with Crippen LogP contribution in [0.1, 0.15) is 6.92 Å². The van der Waals surface area contributed by atoms with Crippen molar-refractivity contribution in [1.29, 1.82) is 0 Å². The van der Waals surface area contributed by atoms with E-state index in [-0.39, 0.29) is 17.0 Å². The van der Waals surface area contributed by atoms with Crippen LogP contribution in [0.3, 0.4) is 0 Å². The predicted molar refractivity (Wildman–Crippen MR) is 83.4 cm³/mol. The smallest absolute Gasteiger partial charge is 0.354 e. The average Bonchev–Trinajstić information content (AvgIpc) is 2.61. The highest BCUT2D eigenvalue weighted by Crippen LogP contribution is 2.53. The summed E-state index contributed by atoms with van der Waals surface area (Å²) < 4.78 is 1.48. The number of aliphatic carboxylic acids is 1. The third-order valence-corrected chi connectivity index (χ3v) is 6.10. The molecular formula is C13H21N2O4S2+. The van der Waals surface area contributed by atoms with Crippen molar-refractivity contribution in [1.82, 2.24) is 4.90 Å². The van der Waals surface area contributed by atoms with Gasteiger partial charge in [-0.15, -0.1) is 11.8 Å². The highest BCUT2D eigenvalue weighted by atomic mass is 32.2. The van der Waals surface area contributed by atoms with Crippen molar-refractivity contribution in [3.05, 3.63) is 9.93 Å². The summed E-state index contributed by atoms with van der Waals surface area (Å²) in [5.74, 6) is -1.07. The number of thioether (sulfide) groups is 2. The van der Waals surface area contributed by atoms with E-state index in [2.05, 4.69) is 21.1 Å². The van der Waals surface area contributed by atoms with Gasteiger partial charge in [0.1, 0.15) is 5.37 Å². The van der Waals surface area contributed by atoms with E-state index in [4.69, 9.17) is 0 Å². The van der Waals surface area contributed by atoms with E-state index in [1.54, 1.807) is 6.92 Å². The SMILES string of the molecule is C[C@@H](O)[C@H]1C(=O)N2C(C(=O)O)=C(SCC[N+](C)(C)C)S[C@H]12. The van der Waals surface area contributed by atoms with Gasteiger partial charge in [-0.05, 0) is 6.92 Å². The Bertz CT molecular complexity index is 499. The fourth-order valence-corrected chi connectivity index (χ4v) is 5.55. The second kappa shape index (κ2) is 5.83. The number of carbonyl (C=O) groups excluding carboxylic acids is 1. The van der Waals surface area contributed by atoms with Crippen LogP contribution < -0.4 is 0 Å². The van der Waals surface area contributed by atoms with Crippen molar-refractivity contribution in [3.63, 3.8) is 0 Å². The normalized spacial score (nSPS) is 26.7. The van der Waals surface area contributed by atoms with E-state index in [9.17, 15) is 19.8 Å². The molecule has 118 valence electrons. The van der Waals surface area contributed by atoms with E-state index < -0.39 is 18.0 Å². The van der Waals surface area contributed by atoms with Crippen LogP contribution in [0, 0.1) is 5.92 Å². The quantitative estimate of drug-likeness (QED) is 0.547. The van der Waals surface area contributed by atoms with Gasteiger partial charge in [0.15, 0.2) is 5.70 Å². The fraction of sp³-hybridized carbons (Fsp3) is 0.692. The van der Waals surface area contributed by atoms with E-state index >= 15 is 0 Å². The zero-order valence-corrected chi connectivity index (χ0v) is 14.2. The molecule has 0 aromatic carbocycles. The number of aliphatic hydroxyl groups excluding tert-OH is 1. The van der Waals surface area contributed by atoms with Gasteiger partial charge >= 0.3 is 5.97 Å². The van der Waals surface area contributed by atoms with Crippen molar-refractivity contribution in [3.8, 4) is 0 Å². The van der Waals surface area contributed by atoms with Gasteiger partial charge in [0, 0.05) is 5.75 Å². The molecule has 3 atom stereocenters. The number of hydrogen-bond donors (Lipinski definition) is 2. The molecule has 0 aromatic rings. The van der Waals surface area contributed by atoms with Gasteiger partial charge in [-0.3, -0.25) is 9.69 Å². The van der Waals surface area contributed by atoms with Gasteiger partial charge in [0.2, 0.25) is 5.91 Å². The predicted octanol–water partition coefficient (Wildman–Crippen LogP) is 0.592. The second-order valence-electron chi connectivity index (χ2n) is 6.29. The number of β-lactam (4-membered cyclic amide) rings is 1. The summed E-state index contributed by atoms with van der Waals surface area (Å²) in [6.07, 6.45) is -0.753. The van der Waals surface area contributed by atoms with Gasteiger partial charge < -0.3 is 14.7 Å². The van der Waals surface area contributed by atoms with E-state index in [0.29, 0.717) is 4.24 Å². The lowest BCUT2D eigenvalue weighted by atomic mass is 9.92. The lowest BCUT2D eigenvalue weighted by Crippen LogP contribution is -2.60. The molecule has 8 heteroatoms. The third-order valence-electron chi connectivity index (χ3n) is 3.46. The lowest BCUT2D eigenvalue weighted by molar-refractivity contribution is -0.867. The molecule has 0 spiro atoms. The lowest BCUT2D eigenvalue weighted by Gasteiger charge is -2.43. The van der Waals surface area contributed by atoms with Crippen LogP contribution >= 0.6 is 23.5 Å². The molecule has 21 heavy (non-hydrogen) atoms. The maximum atomic E-state index is 12.0. The molecule has 0 radical (unpaired) electrons. The standard InChI is InChI=1S/C13H20N2O4S2/c1-7(16)8-10(17)14-9(12(18)19)13(21-11(8)14)20-6-5-15(2,3)4/h7-8,11,16H,5-6H2,1-4H3/p+1/t7-,8+,11-/m1/s1. The molecule has 2 N–H and O–H groups in total. The van der Waals surface area contributed by atoms with Crippen molar-refractivity contribution >= 4 is 35.4 Å². The van der Waals surface area contributed by atoms with Crippen LogP contribution in [0.2, 0.25) is 0 Å². The Labute approximate surface area is 132 Å². The molecule has 2 aliphatic rings. The first kappa shape index (κ1) is 16.7. The van der Waals surface area contributed by atoms with Crippen LogP contribution in [0.25, 0.3) is 0 Å². The molecule has 2 rings (SSSR count). The van der Waals surface area contributed by atoms with Crippen LogP contribution in [0.4, 0.5) is 0 Å². The maximum absolute atomic E-state index is 12.0. The summed E-state index contributed by atoms with van der Waals surface area (Å²) in [6.45, 7) is 2.48.